The summed E-state index contributed by atoms with van der Waals surface area (Å²) in [5.41, 5.74) is -4.37. The number of fused-ring (bicyclic) bond motifs is 1. The van der Waals surface area contributed by atoms with E-state index in [1.54, 1.807) is 24.3 Å². The fourth-order valence-electron chi connectivity index (χ4n) is 6.49. The standard InChI is InChI=1S/C35H42O18/c1-17(36)46-16-24-27(48-18(2)37)28(49-19(3)38)29(50-20(4)39)32(51-24)53-33-30-34(5,42)25(14-35(30,43)23(15-47-33)31(41)45-7)52-26(40)13-10-21-8-11-22(44-6)12-9-21/h8-13,15,24-25,27-30,32-33,42-43H,14,16H2,1-7H3/b13-10+/t24-,25+,27-,28+,29-,30-,32+,33+,34+,35+/m1/s1. The topological polar surface area (TPSA) is 235 Å². The van der Waals surface area contributed by atoms with Gasteiger partial charge in [0.25, 0.3) is 0 Å². The average molecular weight is 751 g/mol. The maximum absolute atomic E-state index is 13.0. The summed E-state index contributed by atoms with van der Waals surface area (Å²) in [5, 5.41) is 24.1. The van der Waals surface area contributed by atoms with Crippen LogP contribution in [0.3, 0.4) is 0 Å². The minimum Gasteiger partial charge on any atom is -0.497 e. The Balaban J connectivity index is 1.71. The molecule has 0 unspecified atom stereocenters. The molecule has 2 N–H and O–H groups in total. The highest BCUT2D eigenvalue weighted by atomic mass is 16.8. The van der Waals surface area contributed by atoms with Gasteiger partial charge in [0.2, 0.25) is 12.6 Å². The minimum absolute atomic E-state index is 0.445. The van der Waals surface area contributed by atoms with Crippen molar-refractivity contribution in [1.82, 2.24) is 0 Å². The predicted octanol–water partition coefficient (Wildman–Crippen LogP) is 0.635. The first kappa shape index (κ1) is 40.7. The Morgan fingerprint density at radius 2 is 1.43 bits per heavy atom. The second kappa shape index (κ2) is 16.7. The summed E-state index contributed by atoms with van der Waals surface area (Å²) in [5.74, 6) is -6.41. The maximum Gasteiger partial charge on any atom is 0.339 e. The highest BCUT2D eigenvalue weighted by Crippen LogP contribution is 2.53. The summed E-state index contributed by atoms with van der Waals surface area (Å²) in [7, 11) is 2.56. The second-order valence-corrected chi connectivity index (χ2v) is 12.6. The zero-order valence-corrected chi connectivity index (χ0v) is 30.0. The largest absolute Gasteiger partial charge is 0.497 e. The second-order valence-electron chi connectivity index (χ2n) is 12.6. The Morgan fingerprint density at radius 3 is 2.00 bits per heavy atom. The number of methoxy groups -OCH3 is 2. The normalized spacial score (nSPS) is 31.9. The van der Waals surface area contributed by atoms with E-state index in [1.807, 2.05) is 0 Å². The molecule has 0 bridgehead atoms. The van der Waals surface area contributed by atoms with Crippen molar-refractivity contribution in [2.45, 2.75) is 95.3 Å². The van der Waals surface area contributed by atoms with Gasteiger partial charge in [0.15, 0.2) is 18.3 Å². The van der Waals surface area contributed by atoms with Crippen LogP contribution in [0.2, 0.25) is 0 Å². The fraction of sp³-hybridized carbons (Fsp3) is 0.543. The summed E-state index contributed by atoms with van der Waals surface area (Å²) < 4.78 is 54.8. The number of benzene rings is 1. The Labute approximate surface area is 303 Å². The van der Waals surface area contributed by atoms with Gasteiger partial charge in [-0.2, -0.15) is 0 Å². The van der Waals surface area contributed by atoms with E-state index in [4.69, 9.17) is 47.4 Å². The minimum atomic E-state index is -2.33. The van der Waals surface area contributed by atoms with Crippen LogP contribution in [0.5, 0.6) is 5.75 Å². The lowest BCUT2D eigenvalue weighted by atomic mass is 9.77. The molecule has 2 aliphatic heterocycles. The molecule has 1 saturated carbocycles. The monoisotopic (exact) mass is 750 g/mol. The Hall–Kier alpha value is -5.04. The van der Waals surface area contributed by atoms with Gasteiger partial charge in [0, 0.05) is 40.2 Å². The predicted molar refractivity (Wildman–Crippen MR) is 174 cm³/mol. The molecule has 18 nitrogen and oxygen atoms in total. The van der Waals surface area contributed by atoms with Gasteiger partial charge < -0.3 is 57.6 Å². The molecule has 0 spiro atoms. The van der Waals surface area contributed by atoms with E-state index in [9.17, 15) is 39.0 Å². The van der Waals surface area contributed by atoms with Crippen molar-refractivity contribution in [2.75, 3.05) is 20.8 Å². The zero-order valence-electron chi connectivity index (χ0n) is 30.0. The molecule has 18 heteroatoms. The third kappa shape index (κ3) is 9.31. The first-order chi connectivity index (χ1) is 24.9. The molecule has 0 amide bonds. The number of esters is 6. The Bertz CT molecular complexity index is 1610. The smallest absolute Gasteiger partial charge is 0.339 e. The number of ether oxygens (including phenoxy) is 10. The number of hydrogen-bond donors (Lipinski definition) is 2. The van der Waals surface area contributed by atoms with E-state index >= 15 is 0 Å². The molecule has 1 aromatic rings. The highest BCUT2D eigenvalue weighted by molar-refractivity contribution is 5.91. The molecule has 1 saturated heterocycles. The summed E-state index contributed by atoms with van der Waals surface area (Å²) in [6.45, 7) is 4.87. The van der Waals surface area contributed by atoms with Crippen LogP contribution in [0.15, 0.2) is 42.2 Å². The quantitative estimate of drug-likeness (QED) is 0.169. The van der Waals surface area contributed by atoms with Crippen molar-refractivity contribution >= 4 is 41.9 Å². The number of carbonyl (C=O) groups excluding carboxylic acids is 6. The van der Waals surface area contributed by atoms with Gasteiger partial charge >= 0.3 is 35.8 Å². The number of hydrogen-bond acceptors (Lipinski definition) is 18. The van der Waals surface area contributed by atoms with Crippen LogP contribution in [0.25, 0.3) is 6.08 Å². The molecule has 2 fully saturated rings. The van der Waals surface area contributed by atoms with Gasteiger partial charge in [0.05, 0.1) is 26.4 Å². The van der Waals surface area contributed by atoms with Crippen LogP contribution in [-0.4, -0.2) is 121 Å². The number of carbonyl (C=O) groups is 6. The molecule has 0 aromatic heterocycles. The van der Waals surface area contributed by atoms with E-state index < -0.39 is 115 Å². The lowest BCUT2D eigenvalue weighted by Gasteiger charge is -2.47. The fourth-order valence-corrected chi connectivity index (χ4v) is 6.49. The van der Waals surface area contributed by atoms with Crippen LogP contribution in [-0.2, 0) is 71.4 Å². The van der Waals surface area contributed by atoms with Crippen molar-refractivity contribution in [1.29, 1.82) is 0 Å². The molecule has 0 radical (unpaired) electrons. The highest BCUT2D eigenvalue weighted by Gasteiger charge is 2.69. The lowest BCUT2D eigenvalue weighted by Crippen LogP contribution is -2.65. The van der Waals surface area contributed by atoms with E-state index in [1.165, 1.54) is 20.1 Å². The maximum atomic E-state index is 13.0. The average Bonchev–Trinajstić information content (AvgIpc) is 3.29. The number of rotatable bonds is 12. The molecule has 290 valence electrons. The molecule has 1 aromatic carbocycles. The van der Waals surface area contributed by atoms with Gasteiger partial charge in [0.1, 0.15) is 41.3 Å². The van der Waals surface area contributed by atoms with Gasteiger partial charge in [-0.05, 0) is 30.7 Å². The molecule has 53 heavy (non-hydrogen) atoms. The Morgan fingerprint density at radius 1 is 0.830 bits per heavy atom. The van der Waals surface area contributed by atoms with Crippen molar-refractivity contribution < 1.29 is 86.3 Å². The van der Waals surface area contributed by atoms with E-state index in [0.29, 0.717) is 11.3 Å². The summed E-state index contributed by atoms with van der Waals surface area (Å²) >= 11 is 0. The van der Waals surface area contributed by atoms with E-state index in [-0.39, 0.29) is 0 Å². The van der Waals surface area contributed by atoms with Crippen LogP contribution in [0, 0.1) is 5.92 Å². The summed E-state index contributed by atoms with van der Waals surface area (Å²) in [4.78, 5) is 74.3. The molecule has 10 atom stereocenters. The van der Waals surface area contributed by atoms with Gasteiger partial charge in [-0.15, -0.1) is 0 Å². The third-order valence-electron chi connectivity index (χ3n) is 8.76. The third-order valence-corrected chi connectivity index (χ3v) is 8.76. The molecule has 4 rings (SSSR count). The first-order valence-corrected chi connectivity index (χ1v) is 16.3. The number of aliphatic hydroxyl groups is 2. The molecular weight excluding hydrogens is 708 g/mol. The first-order valence-electron chi connectivity index (χ1n) is 16.3. The molecule has 1 aliphatic carbocycles. The van der Waals surface area contributed by atoms with Crippen LogP contribution in [0.4, 0.5) is 0 Å². The molecule has 2 heterocycles. The van der Waals surface area contributed by atoms with Crippen LogP contribution < -0.4 is 4.74 Å². The molecular formula is C35H42O18. The van der Waals surface area contributed by atoms with E-state index in [0.717, 1.165) is 47.1 Å². The zero-order chi connectivity index (χ0) is 39.2. The Kier molecular flexibility index (Phi) is 12.9. The van der Waals surface area contributed by atoms with Crippen molar-refractivity contribution in [3.63, 3.8) is 0 Å². The van der Waals surface area contributed by atoms with E-state index in [2.05, 4.69) is 0 Å². The molecule has 3 aliphatic rings. The van der Waals surface area contributed by atoms with Gasteiger partial charge in [-0.3, -0.25) is 19.2 Å². The summed E-state index contributed by atoms with van der Waals surface area (Å²) in [6, 6.07) is 6.73. The SMILES string of the molecule is COC(=O)C1=CO[C@@H](O[C@@H]2O[C@H](COC(C)=O)[C@@H](OC(C)=O)[C@H](OC(C)=O)[C@H]2OC(C)=O)[C@@H]2[C@@](C)(O)[C@@H](OC(=O)/C=C/c3ccc(OC)cc3)C[C@]12O. The van der Waals surface area contributed by atoms with Crippen molar-refractivity contribution in [3.8, 4) is 5.75 Å². The van der Waals surface area contributed by atoms with Crippen molar-refractivity contribution in [2.24, 2.45) is 5.92 Å². The lowest BCUT2D eigenvalue weighted by molar-refractivity contribution is -0.353. The van der Waals surface area contributed by atoms with Gasteiger partial charge in [-0.1, -0.05) is 12.1 Å². The van der Waals surface area contributed by atoms with Gasteiger partial charge in [-0.25, -0.2) is 9.59 Å². The van der Waals surface area contributed by atoms with Crippen LogP contribution in [0.1, 0.15) is 46.6 Å². The van der Waals surface area contributed by atoms with Crippen LogP contribution >= 0.6 is 0 Å². The summed E-state index contributed by atoms with van der Waals surface area (Å²) in [6.07, 6.45) is -8.43. The van der Waals surface area contributed by atoms with Crippen molar-refractivity contribution in [3.05, 3.63) is 47.7 Å².